The molecule has 0 amide bonds. The minimum atomic E-state index is 0.609. The monoisotopic (exact) mass is 336 g/mol. The normalized spacial score (nSPS) is 11.2. The molecule has 24 heavy (non-hydrogen) atoms. The van der Waals surface area contributed by atoms with E-state index in [-0.39, 0.29) is 0 Å². The summed E-state index contributed by atoms with van der Waals surface area (Å²) in [4.78, 5) is 4.50. The maximum atomic E-state index is 5.76. The standard InChI is InChI=1S/C18H16N4OS/c1-12-7-8-15(13(2)9-12)22-11-19-21-18(22)24-10-17-20-14-5-3-4-6-16(14)23-17/h3-9,11H,10H2,1-2H3. The van der Waals surface area contributed by atoms with E-state index in [1.807, 2.05) is 28.8 Å². The predicted molar refractivity (Wildman–Crippen MR) is 94.4 cm³/mol. The van der Waals surface area contributed by atoms with Gasteiger partial charge in [0.25, 0.3) is 0 Å². The first-order chi connectivity index (χ1) is 11.7. The van der Waals surface area contributed by atoms with Gasteiger partial charge in [0.1, 0.15) is 11.8 Å². The fraction of sp³-hybridized carbons (Fsp3) is 0.167. The van der Waals surface area contributed by atoms with Crippen LogP contribution in [0.3, 0.4) is 0 Å². The Hall–Kier alpha value is -2.60. The maximum Gasteiger partial charge on any atom is 0.205 e. The van der Waals surface area contributed by atoms with Crippen molar-refractivity contribution in [3.63, 3.8) is 0 Å². The van der Waals surface area contributed by atoms with E-state index in [1.54, 1.807) is 18.1 Å². The number of hydrogen-bond acceptors (Lipinski definition) is 5. The van der Waals surface area contributed by atoms with Gasteiger partial charge in [-0.05, 0) is 37.6 Å². The number of thioether (sulfide) groups is 1. The highest BCUT2D eigenvalue weighted by molar-refractivity contribution is 7.98. The van der Waals surface area contributed by atoms with E-state index in [4.69, 9.17) is 4.42 Å². The smallest absolute Gasteiger partial charge is 0.205 e. The number of rotatable bonds is 4. The van der Waals surface area contributed by atoms with E-state index < -0.39 is 0 Å². The highest BCUT2D eigenvalue weighted by atomic mass is 32.2. The highest BCUT2D eigenvalue weighted by Crippen LogP contribution is 2.26. The molecule has 0 atom stereocenters. The van der Waals surface area contributed by atoms with Crippen molar-refractivity contribution in [2.75, 3.05) is 0 Å². The number of para-hydroxylation sites is 2. The van der Waals surface area contributed by atoms with Gasteiger partial charge in [-0.3, -0.25) is 4.57 Å². The molecule has 120 valence electrons. The second-order valence-corrected chi connectivity index (χ2v) is 6.58. The summed E-state index contributed by atoms with van der Waals surface area (Å²) in [6.07, 6.45) is 1.74. The molecule has 4 rings (SSSR count). The lowest BCUT2D eigenvalue weighted by Gasteiger charge is -2.09. The molecule has 0 radical (unpaired) electrons. The maximum absolute atomic E-state index is 5.76. The van der Waals surface area contributed by atoms with E-state index >= 15 is 0 Å². The molecule has 0 spiro atoms. The molecule has 0 saturated heterocycles. The Morgan fingerprint density at radius 2 is 2.00 bits per heavy atom. The van der Waals surface area contributed by atoms with Gasteiger partial charge in [0.15, 0.2) is 10.7 Å². The van der Waals surface area contributed by atoms with Gasteiger partial charge < -0.3 is 4.42 Å². The Balaban J connectivity index is 1.58. The molecule has 0 aliphatic carbocycles. The van der Waals surface area contributed by atoms with Gasteiger partial charge in [0, 0.05) is 0 Å². The Bertz CT molecular complexity index is 972. The molecule has 2 heterocycles. The van der Waals surface area contributed by atoms with Crippen molar-refractivity contribution in [2.45, 2.75) is 24.8 Å². The number of benzene rings is 2. The van der Waals surface area contributed by atoms with Crippen molar-refractivity contribution in [1.29, 1.82) is 0 Å². The van der Waals surface area contributed by atoms with Crippen LogP contribution in [-0.2, 0) is 5.75 Å². The van der Waals surface area contributed by atoms with Crippen molar-refractivity contribution >= 4 is 22.9 Å². The molecule has 2 aromatic heterocycles. The summed E-state index contributed by atoms with van der Waals surface area (Å²) < 4.78 is 7.76. The average molecular weight is 336 g/mol. The molecule has 6 heteroatoms. The van der Waals surface area contributed by atoms with Gasteiger partial charge in [-0.15, -0.1) is 10.2 Å². The number of hydrogen-bond donors (Lipinski definition) is 0. The molecule has 4 aromatic rings. The molecule has 0 bridgehead atoms. The summed E-state index contributed by atoms with van der Waals surface area (Å²) in [6.45, 7) is 4.18. The van der Waals surface area contributed by atoms with Crippen LogP contribution < -0.4 is 0 Å². The third kappa shape index (κ3) is 2.80. The zero-order chi connectivity index (χ0) is 16.5. The van der Waals surface area contributed by atoms with E-state index in [1.165, 1.54) is 11.1 Å². The molecule has 0 unspecified atom stereocenters. The summed E-state index contributed by atoms with van der Waals surface area (Å²) in [5.74, 6) is 1.30. The first-order valence-corrected chi connectivity index (χ1v) is 8.64. The third-order valence-electron chi connectivity index (χ3n) is 3.79. The van der Waals surface area contributed by atoms with Gasteiger partial charge in [-0.1, -0.05) is 41.6 Å². The second kappa shape index (κ2) is 6.13. The number of oxazole rings is 1. The molecule has 0 aliphatic rings. The summed E-state index contributed by atoms with van der Waals surface area (Å²) in [7, 11) is 0. The summed E-state index contributed by atoms with van der Waals surface area (Å²) in [6, 6.07) is 14.1. The van der Waals surface area contributed by atoms with Crippen LogP contribution in [0.15, 0.2) is 58.4 Å². The molecule has 0 saturated carbocycles. The average Bonchev–Trinajstić information content (AvgIpc) is 3.19. The number of fused-ring (bicyclic) bond motifs is 1. The molecule has 2 aromatic carbocycles. The SMILES string of the molecule is Cc1ccc(-n2cnnc2SCc2nc3ccccc3o2)c(C)c1. The van der Waals surface area contributed by atoms with Crippen LogP contribution in [-0.4, -0.2) is 19.7 Å². The van der Waals surface area contributed by atoms with Crippen molar-refractivity contribution in [3.8, 4) is 5.69 Å². The summed E-state index contributed by atoms with van der Waals surface area (Å²) in [5, 5.41) is 9.11. The molecule has 0 N–H and O–H groups in total. The van der Waals surface area contributed by atoms with Crippen LogP contribution in [0.25, 0.3) is 16.8 Å². The Morgan fingerprint density at radius 3 is 2.83 bits per heavy atom. The van der Waals surface area contributed by atoms with Crippen LogP contribution in [0.1, 0.15) is 17.0 Å². The summed E-state index contributed by atoms with van der Waals surface area (Å²) >= 11 is 1.56. The van der Waals surface area contributed by atoms with Crippen LogP contribution in [0.5, 0.6) is 0 Å². The fourth-order valence-corrected chi connectivity index (χ4v) is 3.44. The Labute approximate surface area is 143 Å². The third-order valence-corrected chi connectivity index (χ3v) is 4.72. The van der Waals surface area contributed by atoms with E-state index in [0.717, 1.165) is 21.9 Å². The molecular weight excluding hydrogens is 320 g/mol. The number of aromatic nitrogens is 4. The predicted octanol–water partition coefficient (Wildman–Crippen LogP) is 4.32. The topological polar surface area (TPSA) is 56.7 Å². The minimum absolute atomic E-state index is 0.609. The quantitative estimate of drug-likeness (QED) is 0.520. The first-order valence-electron chi connectivity index (χ1n) is 7.65. The van der Waals surface area contributed by atoms with Crippen LogP contribution >= 0.6 is 11.8 Å². The lowest BCUT2D eigenvalue weighted by Crippen LogP contribution is -1.98. The lowest BCUT2D eigenvalue weighted by atomic mass is 10.1. The fourth-order valence-electron chi connectivity index (χ4n) is 2.67. The van der Waals surface area contributed by atoms with Crippen molar-refractivity contribution in [2.24, 2.45) is 0 Å². The first kappa shape index (κ1) is 15.0. The van der Waals surface area contributed by atoms with Gasteiger partial charge in [-0.2, -0.15) is 0 Å². The van der Waals surface area contributed by atoms with Gasteiger partial charge in [0.2, 0.25) is 5.89 Å². The Morgan fingerprint density at radius 1 is 1.12 bits per heavy atom. The van der Waals surface area contributed by atoms with Gasteiger partial charge >= 0.3 is 0 Å². The highest BCUT2D eigenvalue weighted by Gasteiger charge is 2.12. The minimum Gasteiger partial charge on any atom is -0.440 e. The molecule has 0 fully saturated rings. The van der Waals surface area contributed by atoms with Crippen LogP contribution in [0.4, 0.5) is 0 Å². The van der Waals surface area contributed by atoms with Crippen molar-refractivity contribution in [1.82, 2.24) is 19.7 Å². The molecular formula is C18H16N4OS. The number of aryl methyl sites for hydroxylation is 2. The zero-order valence-electron chi connectivity index (χ0n) is 13.4. The Kier molecular flexibility index (Phi) is 3.82. The van der Waals surface area contributed by atoms with Crippen LogP contribution in [0, 0.1) is 13.8 Å². The lowest BCUT2D eigenvalue weighted by molar-refractivity contribution is 0.556. The zero-order valence-corrected chi connectivity index (χ0v) is 14.2. The molecule has 5 nitrogen and oxygen atoms in total. The number of nitrogens with zero attached hydrogens (tertiary/aromatic N) is 4. The van der Waals surface area contributed by atoms with E-state index in [0.29, 0.717) is 11.6 Å². The van der Waals surface area contributed by atoms with Crippen LogP contribution in [0.2, 0.25) is 0 Å². The largest absolute Gasteiger partial charge is 0.440 e. The van der Waals surface area contributed by atoms with E-state index in [9.17, 15) is 0 Å². The summed E-state index contributed by atoms with van der Waals surface area (Å²) in [5.41, 5.74) is 5.21. The van der Waals surface area contributed by atoms with Gasteiger partial charge in [0.05, 0.1) is 11.4 Å². The van der Waals surface area contributed by atoms with Gasteiger partial charge in [-0.25, -0.2) is 4.98 Å². The van der Waals surface area contributed by atoms with E-state index in [2.05, 4.69) is 47.2 Å². The van der Waals surface area contributed by atoms with Crippen molar-refractivity contribution in [3.05, 3.63) is 65.8 Å². The second-order valence-electron chi connectivity index (χ2n) is 5.64. The van der Waals surface area contributed by atoms with Crippen molar-refractivity contribution < 1.29 is 4.42 Å². The molecule has 0 aliphatic heterocycles.